The standard InChI is InChI=1S/C14H15NO2/c1-11-5-6-13(14(8-11)16-2)17-10-12-4-3-7-15-9-12/h3-9H,10H2,1-2H3. The van der Waals surface area contributed by atoms with Gasteiger partial charge in [-0.3, -0.25) is 4.98 Å². The van der Waals surface area contributed by atoms with E-state index in [9.17, 15) is 0 Å². The monoisotopic (exact) mass is 229 g/mol. The Balaban J connectivity index is 2.09. The van der Waals surface area contributed by atoms with E-state index in [0.29, 0.717) is 6.61 Å². The lowest BCUT2D eigenvalue weighted by molar-refractivity contribution is 0.284. The molecule has 0 saturated carbocycles. The van der Waals surface area contributed by atoms with E-state index in [1.54, 1.807) is 19.5 Å². The fourth-order valence-electron chi connectivity index (χ4n) is 1.54. The van der Waals surface area contributed by atoms with Crippen molar-refractivity contribution in [2.24, 2.45) is 0 Å². The molecule has 2 aromatic rings. The summed E-state index contributed by atoms with van der Waals surface area (Å²) in [4.78, 5) is 4.04. The summed E-state index contributed by atoms with van der Waals surface area (Å²) in [5.41, 5.74) is 2.19. The molecule has 0 radical (unpaired) electrons. The van der Waals surface area contributed by atoms with Crippen LogP contribution in [0.15, 0.2) is 42.7 Å². The van der Waals surface area contributed by atoms with Crippen molar-refractivity contribution in [1.82, 2.24) is 4.98 Å². The van der Waals surface area contributed by atoms with E-state index >= 15 is 0 Å². The molecule has 88 valence electrons. The van der Waals surface area contributed by atoms with Gasteiger partial charge in [0.2, 0.25) is 0 Å². The Labute approximate surface area is 101 Å². The van der Waals surface area contributed by atoms with Crippen LogP contribution in [0.1, 0.15) is 11.1 Å². The molecule has 0 aliphatic rings. The highest BCUT2D eigenvalue weighted by Gasteiger charge is 2.04. The van der Waals surface area contributed by atoms with E-state index < -0.39 is 0 Å². The predicted octanol–water partition coefficient (Wildman–Crippen LogP) is 2.98. The van der Waals surface area contributed by atoms with E-state index in [1.165, 1.54) is 0 Å². The molecule has 0 aliphatic heterocycles. The minimum absolute atomic E-state index is 0.493. The SMILES string of the molecule is COc1cc(C)ccc1OCc1cccnc1. The Morgan fingerprint density at radius 3 is 2.76 bits per heavy atom. The van der Waals surface area contributed by atoms with E-state index in [1.807, 2.05) is 37.3 Å². The zero-order valence-electron chi connectivity index (χ0n) is 10.0. The molecule has 0 saturated heterocycles. The first-order chi connectivity index (χ1) is 8.29. The lowest BCUT2D eigenvalue weighted by Crippen LogP contribution is -1.98. The van der Waals surface area contributed by atoms with Crippen molar-refractivity contribution in [1.29, 1.82) is 0 Å². The average Bonchev–Trinajstić information content (AvgIpc) is 2.38. The van der Waals surface area contributed by atoms with Gasteiger partial charge in [0.1, 0.15) is 6.61 Å². The van der Waals surface area contributed by atoms with Crippen LogP contribution in [0.3, 0.4) is 0 Å². The van der Waals surface area contributed by atoms with Crippen LogP contribution in [0, 0.1) is 6.92 Å². The van der Waals surface area contributed by atoms with Crippen molar-refractivity contribution in [3.8, 4) is 11.5 Å². The summed E-state index contributed by atoms with van der Waals surface area (Å²) in [5, 5.41) is 0. The van der Waals surface area contributed by atoms with Gasteiger partial charge in [-0.15, -0.1) is 0 Å². The first kappa shape index (κ1) is 11.5. The average molecular weight is 229 g/mol. The van der Waals surface area contributed by atoms with Crippen molar-refractivity contribution in [2.45, 2.75) is 13.5 Å². The van der Waals surface area contributed by atoms with Gasteiger partial charge < -0.3 is 9.47 Å². The second-order valence-corrected chi connectivity index (χ2v) is 3.80. The number of hydrogen-bond donors (Lipinski definition) is 0. The Morgan fingerprint density at radius 1 is 1.18 bits per heavy atom. The Bertz CT molecular complexity index is 483. The largest absolute Gasteiger partial charge is 0.493 e. The molecule has 0 spiro atoms. The molecule has 0 aliphatic carbocycles. The molecule has 0 fully saturated rings. The third-order valence-corrected chi connectivity index (χ3v) is 2.44. The molecule has 1 aromatic carbocycles. The number of ether oxygens (including phenoxy) is 2. The number of rotatable bonds is 4. The van der Waals surface area contributed by atoms with E-state index in [0.717, 1.165) is 22.6 Å². The molecule has 0 bridgehead atoms. The highest BCUT2D eigenvalue weighted by Crippen LogP contribution is 2.28. The number of pyridine rings is 1. The molecule has 3 heteroatoms. The summed E-state index contributed by atoms with van der Waals surface area (Å²) in [6, 6.07) is 9.75. The van der Waals surface area contributed by atoms with Crippen molar-refractivity contribution < 1.29 is 9.47 Å². The van der Waals surface area contributed by atoms with Crippen LogP contribution >= 0.6 is 0 Å². The molecule has 3 nitrogen and oxygen atoms in total. The van der Waals surface area contributed by atoms with E-state index in [-0.39, 0.29) is 0 Å². The number of aryl methyl sites for hydroxylation is 1. The minimum Gasteiger partial charge on any atom is -0.493 e. The van der Waals surface area contributed by atoms with Crippen LogP contribution in [-0.4, -0.2) is 12.1 Å². The van der Waals surface area contributed by atoms with Gasteiger partial charge in [0.15, 0.2) is 11.5 Å². The summed E-state index contributed by atoms with van der Waals surface area (Å²) in [6.07, 6.45) is 3.54. The highest BCUT2D eigenvalue weighted by atomic mass is 16.5. The van der Waals surface area contributed by atoms with Crippen molar-refractivity contribution in [2.75, 3.05) is 7.11 Å². The van der Waals surface area contributed by atoms with Crippen molar-refractivity contribution in [3.05, 3.63) is 53.9 Å². The molecular weight excluding hydrogens is 214 g/mol. The van der Waals surface area contributed by atoms with Crippen LogP contribution in [0.2, 0.25) is 0 Å². The van der Waals surface area contributed by atoms with Crippen molar-refractivity contribution in [3.63, 3.8) is 0 Å². The lowest BCUT2D eigenvalue weighted by Gasteiger charge is -2.11. The Kier molecular flexibility index (Phi) is 3.60. The number of hydrogen-bond acceptors (Lipinski definition) is 3. The normalized spacial score (nSPS) is 10.0. The van der Waals surface area contributed by atoms with Gasteiger partial charge >= 0.3 is 0 Å². The van der Waals surface area contributed by atoms with Crippen LogP contribution in [0.5, 0.6) is 11.5 Å². The van der Waals surface area contributed by atoms with Gasteiger partial charge in [-0.25, -0.2) is 0 Å². The molecule has 2 rings (SSSR count). The summed E-state index contributed by atoms with van der Waals surface area (Å²) in [7, 11) is 1.64. The summed E-state index contributed by atoms with van der Waals surface area (Å²) < 4.78 is 11.0. The van der Waals surface area contributed by atoms with Gasteiger partial charge in [-0.1, -0.05) is 12.1 Å². The molecular formula is C14H15NO2. The molecule has 0 unspecified atom stereocenters. The first-order valence-corrected chi connectivity index (χ1v) is 5.46. The molecule has 0 amide bonds. The summed E-state index contributed by atoms with van der Waals surface area (Å²) >= 11 is 0. The maximum Gasteiger partial charge on any atom is 0.161 e. The van der Waals surface area contributed by atoms with Crippen LogP contribution < -0.4 is 9.47 Å². The quantitative estimate of drug-likeness (QED) is 0.807. The third-order valence-electron chi connectivity index (χ3n) is 2.44. The first-order valence-electron chi connectivity index (χ1n) is 5.46. The summed E-state index contributed by atoms with van der Waals surface area (Å²) in [6.45, 7) is 2.51. The molecule has 0 N–H and O–H groups in total. The van der Waals surface area contributed by atoms with Gasteiger partial charge in [-0.05, 0) is 30.7 Å². The minimum atomic E-state index is 0.493. The third kappa shape index (κ3) is 2.97. The number of aromatic nitrogens is 1. The number of benzene rings is 1. The zero-order valence-corrected chi connectivity index (χ0v) is 10.0. The molecule has 17 heavy (non-hydrogen) atoms. The highest BCUT2D eigenvalue weighted by molar-refractivity contribution is 5.42. The fourth-order valence-corrected chi connectivity index (χ4v) is 1.54. The molecule has 1 heterocycles. The maximum absolute atomic E-state index is 5.70. The number of methoxy groups -OCH3 is 1. The van der Waals surface area contributed by atoms with Gasteiger partial charge in [0.05, 0.1) is 7.11 Å². The number of nitrogens with zero attached hydrogens (tertiary/aromatic N) is 1. The molecule has 0 atom stereocenters. The smallest absolute Gasteiger partial charge is 0.161 e. The van der Waals surface area contributed by atoms with Crippen LogP contribution in [0.25, 0.3) is 0 Å². The van der Waals surface area contributed by atoms with Crippen LogP contribution in [-0.2, 0) is 6.61 Å². The zero-order chi connectivity index (χ0) is 12.1. The second-order valence-electron chi connectivity index (χ2n) is 3.80. The fraction of sp³-hybridized carbons (Fsp3) is 0.214. The topological polar surface area (TPSA) is 31.4 Å². The van der Waals surface area contributed by atoms with Gasteiger partial charge in [0.25, 0.3) is 0 Å². The van der Waals surface area contributed by atoms with Gasteiger partial charge in [-0.2, -0.15) is 0 Å². The Hall–Kier alpha value is -2.03. The summed E-state index contributed by atoms with van der Waals surface area (Å²) in [5.74, 6) is 1.51. The van der Waals surface area contributed by atoms with E-state index in [2.05, 4.69) is 4.98 Å². The van der Waals surface area contributed by atoms with Crippen LogP contribution in [0.4, 0.5) is 0 Å². The maximum atomic E-state index is 5.70. The second kappa shape index (κ2) is 5.34. The predicted molar refractivity (Wildman–Crippen MR) is 66.3 cm³/mol. The molecule has 1 aromatic heterocycles. The lowest BCUT2D eigenvalue weighted by atomic mass is 10.2. The van der Waals surface area contributed by atoms with Crippen molar-refractivity contribution >= 4 is 0 Å². The van der Waals surface area contributed by atoms with Gasteiger partial charge in [0, 0.05) is 18.0 Å². The van der Waals surface area contributed by atoms with E-state index in [4.69, 9.17) is 9.47 Å². The Morgan fingerprint density at radius 2 is 2.06 bits per heavy atom.